The second-order valence-corrected chi connectivity index (χ2v) is 2.82. The van der Waals surface area contributed by atoms with Gasteiger partial charge >= 0.3 is 6.18 Å². The summed E-state index contributed by atoms with van der Waals surface area (Å²) in [6, 6.07) is 0. The zero-order valence-electron chi connectivity index (χ0n) is 7.80. The van der Waals surface area contributed by atoms with Gasteiger partial charge in [-0.25, -0.2) is 9.97 Å². The number of aromatic nitrogens is 2. The Morgan fingerprint density at radius 1 is 1.53 bits per heavy atom. The molecule has 0 fully saturated rings. The molecule has 0 bridgehead atoms. The number of nitrogens with zero attached hydrogens (tertiary/aromatic N) is 2. The molecule has 0 saturated heterocycles. The Labute approximate surface area is 83.5 Å². The van der Waals surface area contributed by atoms with Crippen LogP contribution < -0.4 is 5.32 Å². The summed E-state index contributed by atoms with van der Waals surface area (Å²) >= 11 is 0. The molecule has 0 aliphatic rings. The van der Waals surface area contributed by atoms with Gasteiger partial charge in [0.05, 0.1) is 11.3 Å². The fraction of sp³-hybridized carbons (Fsp3) is 0.375. The molecule has 1 N–H and O–H groups in total. The van der Waals surface area contributed by atoms with Gasteiger partial charge in [0.25, 0.3) is 5.91 Å². The maximum atomic E-state index is 11.8. The average molecular weight is 219 g/mol. The number of carbonyl (C=O) groups excluding carboxylic acids is 1. The minimum absolute atomic E-state index is 0.0433. The molecule has 0 unspecified atom stereocenters. The summed E-state index contributed by atoms with van der Waals surface area (Å²) in [4.78, 5) is 18.5. The van der Waals surface area contributed by atoms with E-state index in [9.17, 15) is 18.0 Å². The molecular formula is C8H8F3N3O. The lowest BCUT2D eigenvalue weighted by Gasteiger charge is -2.08. The molecule has 0 aliphatic carbocycles. The third kappa shape index (κ3) is 3.53. The molecule has 1 aromatic rings. The zero-order chi connectivity index (χ0) is 11.5. The van der Waals surface area contributed by atoms with Crippen LogP contribution in [0.5, 0.6) is 0 Å². The van der Waals surface area contributed by atoms with Crippen molar-refractivity contribution in [1.82, 2.24) is 15.3 Å². The lowest BCUT2D eigenvalue weighted by atomic mass is 10.2. The number of alkyl halides is 3. The molecule has 15 heavy (non-hydrogen) atoms. The van der Waals surface area contributed by atoms with Crippen LogP contribution in [0.4, 0.5) is 13.2 Å². The molecule has 7 heteroatoms. The number of carbonyl (C=O) groups is 1. The van der Waals surface area contributed by atoms with Gasteiger partial charge in [-0.3, -0.25) is 4.79 Å². The van der Waals surface area contributed by atoms with Gasteiger partial charge in [0.2, 0.25) is 0 Å². The molecule has 4 nitrogen and oxygen atoms in total. The smallest absolute Gasteiger partial charge is 0.343 e. The number of rotatable bonds is 2. The molecule has 0 spiro atoms. The van der Waals surface area contributed by atoms with Crippen molar-refractivity contribution in [3.8, 4) is 0 Å². The summed E-state index contributed by atoms with van der Waals surface area (Å²) in [5.41, 5.74) is 0.381. The van der Waals surface area contributed by atoms with E-state index in [0.717, 1.165) is 0 Å². The molecule has 82 valence electrons. The van der Waals surface area contributed by atoms with Gasteiger partial charge in [0.1, 0.15) is 12.9 Å². The Balaban J connectivity index is 2.66. The van der Waals surface area contributed by atoms with E-state index in [0.29, 0.717) is 5.69 Å². The Morgan fingerprint density at radius 3 is 2.73 bits per heavy atom. The SMILES string of the molecule is Cc1ncncc1C(=O)NCC(F)(F)F. The van der Waals surface area contributed by atoms with Crippen LogP contribution in [0.25, 0.3) is 0 Å². The molecular weight excluding hydrogens is 211 g/mol. The van der Waals surface area contributed by atoms with Crippen molar-refractivity contribution < 1.29 is 18.0 Å². The molecule has 0 saturated carbocycles. The maximum Gasteiger partial charge on any atom is 0.405 e. The summed E-state index contributed by atoms with van der Waals surface area (Å²) in [6.07, 6.45) is -2.02. The van der Waals surface area contributed by atoms with E-state index in [1.54, 1.807) is 5.32 Å². The van der Waals surface area contributed by atoms with Crippen LogP contribution in [0.1, 0.15) is 16.1 Å². The highest BCUT2D eigenvalue weighted by atomic mass is 19.4. The zero-order valence-corrected chi connectivity index (χ0v) is 7.80. The van der Waals surface area contributed by atoms with Gasteiger partial charge in [-0.15, -0.1) is 0 Å². The van der Waals surface area contributed by atoms with Crippen molar-refractivity contribution >= 4 is 5.91 Å². The van der Waals surface area contributed by atoms with Crippen LogP contribution in [0, 0.1) is 6.92 Å². The summed E-state index contributed by atoms with van der Waals surface area (Å²) in [6.45, 7) is 0.157. The van der Waals surface area contributed by atoms with Crippen molar-refractivity contribution in [2.24, 2.45) is 0 Å². The Morgan fingerprint density at radius 2 is 2.20 bits per heavy atom. The van der Waals surface area contributed by atoms with Crippen molar-refractivity contribution in [1.29, 1.82) is 0 Å². The van der Waals surface area contributed by atoms with Gasteiger partial charge < -0.3 is 5.32 Å². The number of amides is 1. The highest BCUT2D eigenvalue weighted by molar-refractivity contribution is 5.94. The Hall–Kier alpha value is -1.66. The molecule has 1 amide bonds. The van der Waals surface area contributed by atoms with Gasteiger partial charge in [-0.1, -0.05) is 0 Å². The summed E-state index contributed by atoms with van der Waals surface area (Å²) in [5.74, 6) is -0.828. The van der Waals surface area contributed by atoms with E-state index in [-0.39, 0.29) is 5.56 Å². The first-order valence-electron chi connectivity index (χ1n) is 4.02. The van der Waals surface area contributed by atoms with E-state index in [2.05, 4.69) is 9.97 Å². The third-order valence-corrected chi connectivity index (χ3v) is 1.61. The summed E-state index contributed by atoms with van der Waals surface area (Å²) in [5, 5.41) is 1.74. The quantitative estimate of drug-likeness (QED) is 0.809. The molecule has 1 rings (SSSR count). The van der Waals surface area contributed by atoms with Gasteiger partial charge in [0, 0.05) is 6.20 Å². The summed E-state index contributed by atoms with van der Waals surface area (Å²) < 4.78 is 35.4. The molecule has 0 aliphatic heterocycles. The van der Waals surface area contributed by atoms with E-state index in [1.807, 2.05) is 0 Å². The first kappa shape index (κ1) is 11.4. The van der Waals surface area contributed by atoms with Crippen LogP contribution in [0.3, 0.4) is 0 Å². The number of halogens is 3. The fourth-order valence-corrected chi connectivity index (χ4v) is 0.889. The second kappa shape index (κ2) is 4.24. The number of nitrogens with one attached hydrogen (secondary N) is 1. The monoisotopic (exact) mass is 219 g/mol. The lowest BCUT2D eigenvalue weighted by molar-refractivity contribution is -0.123. The molecule has 1 heterocycles. The van der Waals surface area contributed by atoms with E-state index in [1.165, 1.54) is 19.4 Å². The van der Waals surface area contributed by atoms with Crippen molar-refractivity contribution in [3.63, 3.8) is 0 Å². The highest BCUT2D eigenvalue weighted by Gasteiger charge is 2.28. The summed E-state index contributed by atoms with van der Waals surface area (Å²) in [7, 11) is 0. The predicted molar refractivity (Wildman–Crippen MR) is 45.2 cm³/mol. The maximum absolute atomic E-state index is 11.8. The van der Waals surface area contributed by atoms with Crippen molar-refractivity contribution in [3.05, 3.63) is 23.8 Å². The van der Waals surface area contributed by atoms with Crippen LogP contribution in [-0.4, -0.2) is 28.6 Å². The van der Waals surface area contributed by atoms with Crippen molar-refractivity contribution in [2.75, 3.05) is 6.54 Å². The van der Waals surface area contributed by atoms with E-state index >= 15 is 0 Å². The first-order valence-corrected chi connectivity index (χ1v) is 4.02. The predicted octanol–water partition coefficient (Wildman–Crippen LogP) is 1.08. The molecule has 0 atom stereocenters. The Kier molecular flexibility index (Phi) is 3.23. The van der Waals surface area contributed by atoms with Gasteiger partial charge in [-0.2, -0.15) is 13.2 Å². The van der Waals surface area contributed by atoms with Gasteiger partial charge in [-0.05, 0) is 6.92 Å². The van der Waals surface area contributed by atoms with Crippen molar-refractivity contribution in [2.45, 2.75) is 13.1 Å². The Bertz CT molecular complexity index is 364. The van der Waals surface area contributed by atoms with E-state index in [4.69, 9.17) is 0 Å². The number of hydrogen-bond donors (Lipinski definition) is 1. The second-order valence-electron chi connectivity index (χ2n) is 2.82. The van der Waals surface area contributed by atoms with Gasteiger partial charge in [0.15, 0.2) is 0 Å². The molecule has 1 aromatic heterocycles. The topological polar surface area (TPSA) is 54.9 Å². The van der Waals surface area contributed by atoms with E-state index < -0.39 is 18.6 Å². The standard InChI is InChI=1S/C8H8F3N3O/c1-5-6(2-12-4-14-5)7(15)13-3-8(9,10)11/h2,4H,3H2,1H3,(H,13,15). The number of aryl methyl sites for hydroxylation is 1. The number of hydrogen-bond acceptors (Lipinski definition) is 3. The van der Waals surface area contributed by atoms with Crippen LogP contribution in [0.2, 0.25) is 0 Å². The largest absolute Gasteiger partial charge is 0.405 e. The third-order valence-electron chi connectivity index (χ3n) is 1.61. The average Bonchev–Trinajstić information content (AvgIpc) is 2.14. The molecule has 0 aromatic carbocycles. The minimum Gasteiger partial charge on any atom is -0.343 e. The first-order chi connectivity index (χ1) is 6.90. The normalized spacial score (nSPS) is 11.2. The molecule has 0 radical (unpaired) electrons. The van der Waals surface area contributed by atoms with Crippen LogP contribution in [0.15, 0.2) is 12.5 Å². The van der Waals surface area contributed by atoms with Crippen LogP contribution in [-0.2, 0) is 0 Å². The minimum atomic E-state index is -4.42. The fourth-order valence-electron chi connectivity index (χ4n) is 0.889. The lowest BCUT2D eigenvalue weighted by Crippen LogP contribution is -2.34. The highest BCUT2D eigenvalue weighted by Crippen LogP contribution is 2.12. The van der Waals surface area contributed by atoms with Crippen LogP contribution >= 0.6 is 0 Å².